The minimum atomic E-state index is -0.550. The largest absolute Gasteiger partial charge is 0.389 e. The van der Waals surface area contributed by atoms with Gasteiger partial charge in [-0.05, 0) is 30.4 Å². The number of pyridine rings is 1. The predicted octanol–water partition coefficient (Wildman–Crippen LogP) is 2.81. The number of nitrogens with zero attached hydrogens (tertiary/aromatic N) is 1. The number of aromatic nitrogens is 1. The molecule has 1 fully saturated rings. The Morgan fingerprint density at radius 2 is 2.25 bits per heavy atom. The Morgan fingerprint density at radius 3 is 2.94 bits per heavy atom. The van der Waals surface area contributed by atoms with Gasteiger partial charge in [0.05, 0.1) is 5.60 Å². The quantitative estimate of drug-likeness (QED) is 0.829. The summed E-state index contributed by atoms with van der Waals surface area (Å²) < 4.78 is 0. The summed E-state index contributed by atoms with van der Waals surface area (Å²) in [5.41, 5.74) is 0.456. The smallest absolute Gasteiger partial charge is 0.0730 e. The summed E-state index contributed by atoms with van der Waals surface area (Å²) in [6.45, 7) is 4.42. The molecule has 3 atom stereocenters. The molecular formula is C14H21NO. The van der Waals surface area contributed by atoms with Crippen molar-refractivity contribution in [2.45, 2.75) is 45.1 Å². The van der Waals surface area contributed by atoms with Crippen LogP contribution in [0.5, 0.6) is 0 Å². The summed E-state index contributed by atoms with van der Waals surface area (Å²) in [6, 6.07) is 5.91. The molecule has 2 heteroatoms. The Morgan fingerprint density at radius 1 is 1.44 bits per heavy atom. The molecule has 1 N–H and O–H groups in total. The highest BCUT2D eigenvalue weighted by atomic mass is 16.3. The van der Waals surface area contributed by atoms with E-state index in [4.69, 9.17) is 0 Å². The predicted molar refractivity (Wildman–Crippen MR) is 65.1 cm³/mol. The zero-order valence-electron chi connectivity index (χ0n) is 10.2. The second-order valence-corrected chi connectivity index (χ2v) is 5.26. The fourth-order valence-corrected chi connectivity index (χ4v) is 2.80. The van der Waals surface area contributed by atoms with Crippen LogP contribution >= 0.6 is 0 Å². The molecule has 2 rings (SSSR count). The van der Waals surface area contributed by atoms with Gasteiger partial charge in [0.2, 0.25) is 0 Å². The van der Waals surface area contributed by atoms with Crippen LogP contribution in [0.2, 0.25) is 0 Å². The second-order valence-electron chi connectivity index (χ2n) is 5.26. The molecule has 0 bridgehead atoms. The molecule has 1 aliphatic carbocycles. The zero-order chi connectivity index (χ0) is 11.6. The summed E-state index contributed by atoms with van der Waals surface area (Å²) >= 11 is 0. The molecule has 1 heterocycles. The molecule has 1 aromatic heterocycles. The van der Waals surface area contributed by atoms with Crippen LogP contribution in [-0.2, 0) is 6.42 Å². The molecular weight excluding hydrogens is 198 g/mol. The molecule has 0 spiro atoms. The Balaban J connectivity index is 2.13. The fraction of sp³-hybridized carbons (Fsp3) is 0.643. The third-order valence-electron chi connectivity index (χ3n) is 4.18. The molecule has 1 saturated carbocycles. The van der Waals surface area contributed by atoms with Crippen LogP contribution in [0.25, 0.3) is 0 Å². The molecule has 0 amide bonds. The van der Waals surface area contributed by atoms with E-state index in [1.165, 1.54) is 6.42 Å². The van der Waals surface area contributed by atoms with Gasteiger partial charge in [0.25, 0.3) is 0 Å². The zero-order valence-corrected chi connectivity index (χ0v) is 10.2. The molecule has 0 saturated heterocycles. The highest BCUT2D eigenvalue weighted by Crippen LogP contribution is 2.39. The number of rotatable bonds is 2. The number of hydrogen-bond donors (Lipinski definition) is 1. The fourth-order valence-electron chi connectivity index (χ4n) is 2.80. The molecule has 0 aliphatic heterocycles. The van der Waals surface area contributed by atoms with Crippen LogP contribution < -0.4 is 0 Å². The van der Waals surface area contributed by atoms with Gasteiger partial charge in [0.1, 0.15) is 0 Å². The van der Waals surface area contributed by atoms with E-state index in [1.54, 1.807) is 6.20 Å². The molecule has 0 aromatic carbocycles. The third kappa shape index (κ3) is 2.27. The van der Waals surface area contributed by atoms with Gasteiger partial charge in [-0.25, -0.2) is 0 Å². The minimum Gasteiger partial charge on any atom is -0.389 e. The van der Waals surface area contributed by atoms with Gasteiger partial charge in [-0.3, -0.25) is 4.98 Å². The van der Waals surface area contributed by atoms with Crippen molar-refractivity contribution in [2.75, 3.05) is 0 Å². The number of hydrogen-bond acceptors (Lipinski definition) is 2. The molecule has 1 aliphatic rings. The van der Waals surface area contributed by atoms with Crippen molar-refractivity contribution in [3.63, 3.8) is 0 Å². The van der Waals surface area contributed by atoms with Gasteiger partial charge in [0, 0.05) is 18.3 Å². The van der Waals surface area contributed by atoms with Gasteiger partial charge in [-0.1, -0.05) is 32.8 Å². The molecule has 3 unspecified atom stereocenters. The van der Waals surface area contributed by atoms with Crippen molar-refractivity contribution < 1.29 is 5.11 Å². The Labute approximate surface area is 97.7 Å². The van der Waals surface area contributed by atoms with Crippen molar-refractivity contribution in [3.8, 4) is 0 Å². The molecule has 2 nitrogen and oxygen atoms in total. The lowest BCUT2D eigenvalue weighted by Crippen LogP contribution is -2.44. The topological polar surface area (TPSA) is 33.1 Å². The van der Waals surface area contributed by atoms with E-state index in [0.29, 0.717) is 18.3 Å². The standard InChI is InChI=1S/C14H21NO/c1-11-6-5-8-14(16,12(11)2)10-13-7-3-4-9-15-13/h3-4,7,9,11-12,16H,5-6,8,10H2,1-2H3. The highest BCUT2D eigenvalue weighted by molar-refractivity contribution is 5.09. The van der Waals surface area contributed by atoms with Crippen molar-refractivity contribution in [2.24, 2.45) is 11.8 Å². The third-order valence-corrected chi connectivity index (χ3v) is 4.18. The van der Waals surface area contributed by atoms with E-state index < -0.39 is 5.60 Å². The molecule has 1 aromatic rings. The average Bonchev–Trinajstić information content (AvgIpc) is 2.27. The van der Waals surface area contributed by atoms with E-state index in [2.05, 4.69) is 18.8 Å². The first-order valence-corrected chi connectivity index (χ1v) is 6.24. The summed E-state index contributed by atoms with van der Waals surface area (Å²) in [4.78, 5) is 4.32. The van der Waals surface area contributed by atoms with Crippen molar-refractivity contribution in [1.29, 1.82) is 0 Å². The Kier molecular flexibility index (Phi) is 3.29. The van der Waals surface area contributed by atoms with E-state index >= 15 is 0 Å². The summed E-state index contributed by atoms with van der Waals surface area (Å²) in [7, 11) is 0. The number of aliphatic hydroxyl groups is 1. The van der Waals surface area contributed by atoms with E-state index in [-0.39, 0.29) is 0 Å². The van der Waals surface area contributed by atoms with Gasteiger partial charge in [0.15, 0.2) is 0 Å². The van der Waals surface area contributed by atoms with Gasteiger partial charge in [-0.15, -0.1) is 0 Å². The van der Waals surface area contributed by atoms with Crippen molar-refractivity contribution >= 4 is 0 Å². The average molecular weight is 219 g/mol. The lowest BCUT2D eigenvalue weighted by atomic mass is 9.69. The van der Waals surface area contributed by atoms with Crippen LogP contribution in [-0.4, -0.2) is 15.7 Å². The first kappa shape index (κ1) is 11.6. The van der Waals surface area contributed by atoms with E-state index in [0.717, 1.165) is 18.5 Å². The van der Waals surface area contributed by atoms with Gasteiger partial charge < -0.3 is 5.11 Å². The van der Waals surface area contributed by atoms with Crippen LogP contribution in [0.3, 0.4) is 0 Å². The normalized spacial score (nSPS) is 34.9. The summed E-state index contributed by atoms with van der Waals surface area (Å²) in [6.07, 6.45) is 5.78. The first-order valence-electron chi connectivity index (χ1n) is 6.24. The second kappa shape index (κ2) is 4.54. The van der Waals surface area contributed by atoms with E-state index in [9.17, 15) is 5.11 Å². The Hall–Kier alpha value is -0.890. The first-order chi connectivity index (χ1) is 7.62. The summed E-state index contributed by atoms with van der Waals surface area (Å²) in [5.74, 6) is 0.978. The maximum atomic E-state index is 10.7. The van der Waals surface area contributed by atoms with Crippen LogP contribution in [0.4, 0.5) is 0 Å². The van der Waals surface area contributed by atoms with Gasteiger partial charge in [-0.2, -0.15) is 0 Å². The SMILES string of the molecule is CC1CCCC(O)(Cc2ccccn2)C1C. The maximum absolute atomic E-state index is 10.7. The monoisotopic (exact) mass is 219 g/mol. The molecule has 88 valence electrons. The van der Waals surface area contributed by atoms with Gasteiger partial charge >= 0.3 is 0 Å². The van der Waals surface area contributed by atoms with Crippen LogP contribution in [0.1, 0.15) is 38.8 Å². The molecule has 0 radical (unpaired) electrons. The summed E-state index contributed by atoms with van der Waals surface area (Å²) in [5, 5.41) is 10.7. The maximum Gasteiger partial charge on any atom is 0.0730 e. The van der Waals surface area contributed by atoms with E-state index in [1.807, 2.05) is 18.2 Å². The van der Waals surface area contributed by atoms with Crippen molar-refractivity contribution in [1.82, 2.24) is 4.98 Å². The Bertz CT molecular complexity index is 338. The van der Waals surface area contributed by atoms with Crippen LogP contribution in [0, 0.1) is 11.8 Å². The van der Waals surface area contributed by atoms with Crippen molar-refractivity contribution in [3.05, 3.63) is 30.1 Å². The highest BCUT2D eigenvalue weighted by Gasteiger charge is 2.39. The van der Waals surface area contributed by atoms with Crippen LogP contribution in [0.15, 0.2) is 24.4 Å². The lowest BCUT2D eigenvalue weighted by molar-refractivity contribution is -0.0627. The molecule has 16 heavy (non-hydrogen) atoms. The minimum absolute atomic E-state index is 0.364. The lowest BCUT2D eigenvalue weighted by Gasteiger charge is -2.42.